The largest absolute Gasteiger partial charge is 0.480 e. The average molecular weight is 287 g/mol. The van der Waals surface area contributed by atoms with Crippen LogP contribution in [0.5, 0.6) is 0 Å². The number of thioether (sulfide) groups is 1. The molecule has 0 aromatic carbocycles. The van der Waals surface area contributed by atoms with Gasteiger partial charge in [0.25, 0.3) is 0 Å². The molecule has 100 valence electrons. The molecule has 1 atom stereocenters. The fraction of sp³-hybridized carbons (Fsp3) is 0.500. The van der Waals surface area contributed by atoms with Crippen molar-refractivity contribution in [1.29, 1.82) is 0 Å². The zero-order valence-electron chi connectivity index (χ0n) is 10.2. The number of unbranched alkanes of at least 4 members (excludes halogenated alkanes) is 1. The SMILES string of the molecule is CCCC[C@H](NC(=O)CSc1cccs1)C(=O)O. The minimum atomic E-state index is -0.960. The van der Waals surface area contributed by atoms with Crippen LogP contribution in [0.15, 0.2) is 21.7 Å². The Balaban J connectivity index is 2.34. The van der Waals surface area contributed by atoms with Gasteiger partial charge in [0, 0.05) is 0 Å². The fourth-order valence-corrected chi connectivity index (χ4v) is 2.98. The summed E-state index contributed by atoms with van der Waals surface area (Å²) in [5, 5.41) is 13.5. The van der Waals surface area contributed by atoms with Crippen LogP contribution in [-0.2, 0) is 9.59 Å². The summed E-state index contributed by atoms with van der Waals surface area (Å²) in [6.07, 6.45) is 2.21. The van der Waals surface area contributed by atoms with Crippen molar-refractivity contribution >= 4 is 35.0 Å². The lowest BCUT2D eigenvalue weighted by atomic mass is 10.1. The number of carbonyl (C=O) groups is 2. The van der Waals surface area contributed by atoms with E-state index in [4.69, 9.17) is 5.11 Å². The van der Waals surface area contributed by atoms with Gasteiger partial charge in [-0.3, -0.25) is 4.79 Å². The van der Waals surface area contributed by atoms with Crippen molar-refractivity contribution in [3.63, 3.8) is 0 Å². The molecular weight excluding hydrogens is 270 g/mol. The summed E-state index contributed by atoms with van der Waals surface area (Å²) in [6.45, 7) is 1.99. The molecule has 0 aliphatic heterocycles. The van der Waals surface area contributed by atoms with Crippen LogP contribution in [0, 0.1) is 0 Å². The zero-order valence-corrected chi connectivity index (χ0v) is 11.9. The number of carbonyl (C=O) groups excluding carboxylic acids is 1. The van der Waals surface area contributed by atoms with E-state index in [9.17, 15) is 9.59 Å². The molecule has 0 aliphatic carbocycles. The molecule has 0 aliphatic rings. The molecule has 4 nitrogen and oxygen atoms in total. The number of hydrogen-bond acceptors (Lipinski definition) is 4. The van der Waals surface area contributed by atoms with Crippen molar-refractivity contribution in [3.05, 3.63) is 17.5 Å². The third-order valence-corrected chi connectivity index (χ3v) is 4.45. The van der Waals surface area contributed by atoms with Crippen LogP contribution in [-0.4, -0.2) is 28.8 Å². The number of nitrogens with one attached hydrogen (secondary N) is 1. The van der Waals surface area contributed by atoms with Crippen molar-refractivity contribution in [1.82, 2.24) is 5.32 Å². The molecule has 1 aromatic heterocycles. The number of hydrogen-bond donors (Lipinski definition) is 2. The van der Waals surface area contributed by atoms with Crippen LogP contribution >= 0.6 is 23.1 Å². The molecule has 0 radical (unpaired) electrons. The Morgan fingerprint density at radius 3 is 2.89 bits per heavy atom. The molecule has 18 heavy (non-hydrogen) atoms. The van der Waals surface area contributed by atoms with Crippen molar-refractivity contribution in [2.45, 2.75) is 36.4 Å². The second-order valence-corrected chi connectivity index (χ2v) is 6.04. The van der Waals surface area contributed by atoms with E-state index >= 15 is 0 Å². The summed E-state index contributed by atoms with van der Waals surface area (Å²) in [4.78, 5) is 22.6. The molecule has 1 rings (SSSR count). The molecular formula is C12H17NO3S2. The molecule has 0 saturated heterocycles. The molecule has 1 aromatic rings. The lowest BCUT2D eigenvalue weighted by Crippen LogP contribution is -2.41. The summed E-state index contributed by atoms with van der Waals surface area (Å²) in [5.41, 5.74) is 0. The van der Waals surface area contributed by atoms with Gasteiger partial charge >= 0.3 is 5.97 Å². The van der Waals surface area contributed by atoms with Crippen LogP contribution in [0.25, 0.3) is 0 Å². The standard InChI is InChI=1S/C12H17NO3S2/c1-2-3-5-9(12(15)16)13-10(14)8-18-11-6-4-7-17-11/h4,6-7,9H,2-3,5,8H2,1H3,(H,13,14)(H,15,16)/t9-/m0/s1. The highest BCUT2D eigenvalue weighted by atomic mass is 32.2. The monoisotopic (exact) mass is 287 g/mol. The van der Waals surface area contributed by atoms with Gasteiger partial charge < -0.3 is 10.4 Å². The van der Waals surface area contributed by atoms with Crippen molar-refractivity contribution in [2.24, 2.45) is 0 Å². The Morgan fingerprint density at radius 2 is 2.33 bits per heavy atom. The van der Waals surface area contributed by atoms with Gasteiger partial charge in [0.2, 0.25) is 5.91 Å². The maximum atomic E-state index is 11.6. The maximum absolute atomic E-state index is 11.6. The lowest BCUT2D eigenvalue weighted by molar-refractivity contribution is -0.141. The van der Waals surface area contributed by atoms with E-state index in [-0.39, 0.29) is 11.7 Å². The average Bonchev–Trinajstić information content (AvgIpc) is 2.84. The maximum Gasteiger partial charge on any atom is 0.326 e. The van der Waals surface area contributed by atoms with Crippen molar-refractivity contribution in [3.8, 4) is 0 Å². The number of thiophene rings is 1. The number of carboxylic acid groups (broad SMARTS) is 1. The Bertz CT molecular complexity index is 379. The smallest absolute Gasteiger partial charge is 0.326 e. The van der Waals surface area contributed by atoms with E-state index in [1.54, 1.807) is 11.3 Å². The van der Waals surface area contributed by atoms with Crippen LogP contribution < -0.4 is 5.32 Å². The first-order valence-corrected chi connectivity index (χ1v) is 7.68. The van der Waals surface area contributed by atoms with E-state index in [0.29, 0.717) is 6.42 Å². The topological polar surface area (TPSA) is 66.4 Å². The molecule has 2 N–H and O–H groups in total. The second-order valence-electron chi connectivity index (χ2n) is 3.82. The highest BCUT2D eigenvalue weighted by molar-refractivity contribution is 8.01. The highest BCUT2D eigenvalue weighted by Crippen LogP contribution is 2.22. The first-order chi connectivity index (χ1) is 8.63. The molecule has 0 unspecified atom stereocenters. The number of carboxylic acids is 1. The Hall–Kier alpha value is -1.01. The Labute approximate surface area is 115 Å². The Morgan fingerprint density at radius 1 is 1.56 bits per heavy atom. The molecule has 6 heteroatoms. The van der Waals surface area contributed by atoms with Gasteiger partial charge in [0.05, 0.1) is 9.96 Å². The zero-order chi connectivity index (χ0) is 13.4. The summed E-state index contributed by atoms with van der Waals surface area (Å²) >= 11 is 3.00. The van der Waals surface area contributed by atoms with Crippen molar-refractivity contribution in [2.75, 3.05) is 5.75 Å². The third kappa shape index (κ3) is 5.55. The quantitative estimate of drug-likeness (QED) is 0.721. The number of amides is 1. The van der Waals surface area contributed by atoms with E-state index in [1.807, 2.05) is 24.4 Å². The minimum Gasteiger partial charge on any atom is -0.480 e. The van der Waals surface area contributed by atoms with Gasteiger partial charge in [0.1, 0.15) is 6.04 Å². The Kier molecular flexibility index (Phi) is 6.82. The van der Waals surface area contributed by atoms with Crippen LogP contribution in [0.2, 0.25) is 0 Å². The van der Waals surface area contributed by atoms with E-state index in [1.165, 1.54) is 11.8 Å². The fourth-order valence-electron chi connectivity index (χ4n) is 1.38. The number of rotatable bonds is 8. The molecule has 0 fully saturated rings. The molecule has 1 heterocycles. The summed E-state index contributed by atoms with van der Waals surface area (Å²) in [5.74, 6) is -0.925. The van der Waals surface area contributed by atoms with E-state index in [2.05, 4.69) is 5.32 Å². The molecule has 1 amide bonds. The van der Waals surface area contributed by atoms with Gasteiger partial charge in [-0.1, -0.05) is 25.8 Å². The summed E-state index contributed by atoms with van der Waals surface area (Å²) in [7, 11) is 0. The first-order valence-electron chi connectivity index (χ1n) is 5.82. The highest BCUT2D eigenvalue weighted by Gasteiger charge is 2.18. The minimum absolute atomic E-state index is 0.225. The number of aliphatic carboxylic acids is 1. The van der Waals surface area contributed by atoms with E-state index in [0.717, 1.165) is 17.1 Å². The molecule has 0 saturated carbocycles. The van der Waals surface area contributed by atoms with E-state index < -0.39 is 12.0 Å². The lowest BCUT2D eigenvalue weighted by Gasteiger charge is -2.13. The van der Waals surface area contributed by atoms with Gasteiger partial charge in [0.15, 0.2) is 0 Å². The normalized spacial score (nSPS) is 12.1. The molecule has 0 bridgehead atoms. The second kappa shape index (κ2) is 8.16. The molecule has 0 spiro atoms. The van der Waals surface area contributed by atoms with Gasteiger partial charge in [-0.15, -0.1) is 23.1 Å². The van der Waals surface area contributed by atoms with Gasteiger partial charge in [-0.25, -0.2) is 4.79 Å². The van der Waals surface area contributed by atoms with Crippen LogP contribution in [0.4, 0.5) is 0 Å². The predicted octanol–water partition coefficient (Wildman–Crippen LogP) is 2.60. The van der Waals surface area contributed by atoms with Gasteiger partial charge in [-0.2, -0.15) is 0 Å². The van der Waals surface area contributed by atoms with Gasteiger partial charge in [-0.05, 0) is 17.9 Å². The summed E-state index contributed by atoms with van der Waals surface area (Å²) in [6, 6.07) is 3.10. The predicted molar refractivity (Wildman–Crippen MR) is 74.1 cm³/mol. The van der Waals surface area contributed by atoms with Crippen molar-refractivity contribution < 1.29 is 14.7 Å². The third-order valence-electron chi connectivity index (χ3n) is 2.32. The van der Waals surface area contributed by atoms with Crippen LogP contribution in [0.1, 0.15) is 26.2 Å². The first kappa shape index (κ1) is 15.0. The summed E-state index contributed by atoms with van der Waals surface area (Å²) < 4.78 is 1.06. The van der Waals surface area contributed by atoms with Crippen LogP contribution in [0.3, 0.4) is 0 Å².